The molecule has 72 valence electrons. The van der Waals surface area contributed by atoms with Gasteiger partial charge in [-0.1, -0.05) is 0 Å². The van der Waals surface area contributed by atoms with Crippen LogP contribution in [0.2, 0.25) is 0 Å². The highest BCUT2D eigenvalue weighted by molar-refractivity contribution is 5.41. The molecule has 0 saturated heterocycles. The van der Waals surface area contributed by atoms with Gasteiger partial charge in [0.05, 0.1) is 29.7 Å². The van der Waals surface area contributed by atoms with Crippen molar-refractivity contribution in [3.8, 4) is 0 Å². The normalized spacial score (nSPS) is 11.7. The van der Waals surface area contributed by atoms with Gasteiger partial charge in [-0.2, -0.15) is 13.2 Å². The fourth-order valence-corrected chi connectivity index (χ4v) is 0.881. The van der Waals surface area contributed by atoms with E-state index in [1.54, 1.807) is 0 Å². The molecular weight excluding hydrogens is 185 g/mol. The predicted molar refractivity (Wildman–Crippen MR) is 39.6 cm³/mol. The first-order valence-electron chi connectivity index (χ1n) is 3.37. The Morgan fingerprint density at radius 1 is 1.46 bits per heavy atom. The number of hydrogen-bond acceptors (Lipinski definition) is 3. The predicted octanol–water partition coefficient (Wildman–Crippen LogP) is 1.17. The molecule has 0 radical (unpaired) electrons. The maximum atomic E-state index is 12.2. The minimum Gasteiger partial charge on any atom is -0.397 e. The van der Waals surface area contributed by atoms with Gasteiger partial charge in [0.1, 0.15) is 0 Å². The van der Waals surface area contributed by atoms with Gasteiger partial charge in [0, 0.05) is 0 Å². The van der Waals surface area contributed by atoms with Gasteiger partial charge in [0.25, 0.3) is 0 Å². The molecule has 0 saturated carbocycles. The molecule has 0 spiro atoms. The zero-order valence-corrected chi connectivity index (χ0v) is 6.47. The molecular formula is C7H7F3N2O. The van der Waals surface area contributed by atoms with Crippen molar-refractivity contribution in [2.75, 3.05) is 5.73 Å². The second kappa shape index (κ2) is 3.21. The monoisotopic (exact) mass is 192 g/mol. The lowest BCUT2D eigenvalue weighted by atomic mass is 10.2. The van der Waals surface area contributed by atoms with E-state index in [2.05, 4.69) is 4.98 Å². The van der Waals surface area contributed by atoms with Gasteiger partial charge in [0.2, 0.25) is 0 Å². The van der Waals surface area contributed by atoms with E-state index in [4.69, 9.17) is 10.8 Å². The molecule has 3 nitrogen and oxygen atoms in total. The van der Waals surface area contributed by atoms with Crippen molar-refractivity contribution in [2.24, 2.45) is 0 Å². The van der Waals surface area contributed by atoms with Crippen LogP contribution < -0.4 is 5.73 Å². The van der Waals surface area contributed by atoms with E-state index in [1.165, 1.54) is 0 Å². The smallest absolute Gasteiger partial charge is 0.397 e. The molecule has 0 aliphatic rings. The van der Waals surface area contributed by atoms with Gasteiger partial charge in [-0.15, -0.1) is 0 Å². The first-order chi connectivity index (χ1) is 5.95. The topological polar surface area (TPSA) is 59.1 Å². The number of nitrogen functional groups attached to an aromatic ring is 1. The summed E-state index contributed by atoms with van der Waals surface area (Å²) in [6.07, 6.45) is -3.46. The Hall–Kier alpha value is -1.30. The second-order valence-corrected chi connectivity index (χ2v) is 2.42. The van der Waals surface area contributed by atoms with Gasteiger partial charge >= 0.3 is 6.18 Å². The molecule has 0 atom stereocenters. The summed E-state index contributed by atoms with van der Waals surface area (Å²) >= 11 is 0. The molecule has 1 rings (SSSR count). The van der Waals surface area contributed by atoms with Crippen LogP contribution in [0.25, 0.3) is 0 Å². The number of nitrogens with zero attached hydrogens (tertiary/aromatic N) is 1. The molecule has 0 bridgehead atoms. The summed E-state index contributed by atoms with van der Waals surface area (Å²) in [7, 11) is 0. The van der Waals surface area contributed by atoms with Crippen LogP contribution in [0.5, 0.6) is 0 Å². The van der Waals surface area contributed by atoms with Crippen molar-refractivity contribution in [1.82, 2.24) is 4.98 Å². The number of aromatic nitrogens is 1. The molecule has 0 amide bonds. The Labute approximate surface area is 72.0 Å². The van der Waals surface area contributed by atoms with E-state index < -0.39 is 24.0 Å². The van der Waals surface area contributed by atoms with Crippen LogP contribution >= 0.6 is 0 Å². The van der Waals surface area contributed by atoms with Crippen LogP contribution in [0.4, 0.5) is 18.9 Å². The first kappa shape index (κ1) is 9.79. The number of anilines is 1. The van der Waals surface area contributed by atoms with Crippen molar-refractivity contribution in [3.63, 3.8) is 0 Å². The zero-order chi connectivity index (χ0) is 10.1. The maximum Gasteiger partial charge on any atom is 0.418 e. The van der Waals surface area contributed by atoms with E-state index in [0.717, 1.165) is 12.3 Å². The van der Waals surface area contributed by atoms with Gasteiger partial charge in [0.15, 0.2) is 0 Å². The Morgan fingerprint density at radius 2 is 2.08 bits per heavy atom. The third-order valence-electron chi connectivity index (χ3n) is 1.45. The molecule has 6 heteroatoms. The van der Waals surface area contributed by atoms with Crippen LogP contribution in [0, 0.1) is 0 Å². The lowest BCUT2D eigenvalue weighted by Gasteiger charge is -2.10. The minimum absolute atomic E-state index is 0.0791. The van der Waals surface area contributed by atoms with Crippen molar-refractivity contribution < 1.29 is 18.3 Å². The Morgan fingerprint density at radius 3 is 2.54 bits per heavy atom. The summed E-state index contributed by atoms with van der Waals surface area (Å²) in [4.78, 5) is 3.37. The third kappa shape index (κ3) is 2.09. The summed E-state index contributed by atoms with van der Waals surface area (Å²) in [5.41, 5.74) is 3.65. The van der Waals surface area contributed by atoms with E-state index in [0.29, 0.717) is 0 Å². The molecule has 0 aliphatic heterocycles. The van der Waals surface area contributed by atoms with Gasteiger partial charge < -0.3 is 10.8 Å². The summed E-state index contributed by atoms with van der Waals surface area (Å²) in [5.74, 6) is 0. The number of aliphatic hydroxyl groups excluding tert-OH is 1. The molecule has 1 aromatic rings. The number of nitrogens with two attached hydrogens (primary N) is 1. The SMILES string of the molecule is Nc1cnc(CO)c(C(F)(F)F)c1. The molecule has 0 aromatic carbocycles. The van der Waals surface area contributed by atoms with Crippen LogP contribution in [-0.4, -0.2) is 10.1 Å². The molecule has 1 heterocycles. The number of alkyl halides is 3. The van der Waals surface area contributed by atoms with Crippen molar-refractivity contribution in [3.05, 3.63) is 23.5 Å². The van der Waals surface area contributed by atoms with E-state index in [1.807, 2.05) is 0 Å². The number of halogens is 3. The highest BCUT2D eigenvalue weighted by atomic mass is 19.4. The maximum absolute atomic E-state index is 12.2. The Kier molecular flexibility index (Phi) is 2.42. The van der Waals surface area contributed by atoms with Crippen LogP contribution in [0.15, 0.2) is 12.3 Å². The lowest BCUT2D eigenvalue weighted by molar-refractivity contribution is -0.139. The highest BCUT2D eigenvalue weighted by Crippen LogP contribution is 2.32. The van der Waals surface area contributed by atoms with E-state index in [9.17, 15) is 13.2 Å². The average molecular weight is 192 g/mol. The van der Waals surface area contributed by atoms with Crippen molar-refractivity contribution in [1.29, 1.82) is 0 Å². The van der Waals surface area contributed by atoms with Crippen LogP contribution in [-0.2, 0) is 12.8 Å². The lowest BCUT2D eigenvalue weighted by Crippen LogP contribution is -2.11. The number of rotatable bonds is 1. The molecule has 1 aromatic heterocycles. The van der Waals surface area contributed by atoms with Crippen LogP contribution in [0.3, 0.4) is 0 Å². The zero-order valence-electron chi connectivity index (χ0n) is 6.47. The second-order valence-electron chi connectivity index (χ2n) is 2.42. The molecule has 0 fully saturated rings. The number of aliphatic hydroxyl groups is 1. The average Bonchev–Trinajstić information content (AvgIpc) is 2.03. The van der Waals surface area contributed by atoms with Crippen molar-refractivity contribution >= 4 is 5.69 Å². The summed E-state index contributed by atoms with van der Waals surface area (Å²) in [5, 5.41) is 8.57. The van der Waals surface area contributed by atoms with Crippen LogP contribution in [0.1, 0.15) is 11.3 Å². The van der Waals surface area contributed by atoms with Gasteiger partial charge in [-0.3, -0.25) is 4.98 Å². The third-order valence-corrected chi connectivity index (χ3v) is 1.45. The summed E-state index contributed by atoms with van der Waals surface area (Å²) < 4.78 is 36.6. The summed E-state index contributed by atoms with van der Waals surface area (Å²) in [6.45, 7) is -0.755. The van der Waals surface area contributed by atoms with Crippen molar-refractivity contribution in [2.45, 2.75) is 12.8 Å². The Balaban J connectivity index is 3.24. The summed E-state index contributed by atoms with van der Waals surface area (Å²) in [6, 6.07) is 0.749. The van der Waals surface area contributed by atoms with E-state index >= 15 is 0 Å². The standard InChI is InChI=1S/C7H7F3N2O/c8-7(9,10)5-1-4(11)2-12-6(5)3-13/h1-2,13H,3,11H2. The fraction of sp³-hybridized carbons (Fsp3) is 0.286. The van der Waals surface area contributed by atoms with Gasteiger partial charge in [-0.25, -0.2) is 0 Å². The number of hydrogen-bond donors (Lipinski definition) is 2. The minimum atomic E-state index is -4.53. The number of pyridine rings is 1. The highest BCUT2D eigenvalue weighted by Gasteiger charge is 2.34. The van der Waals surface area contributed by atoms with Gasteiger partial charge in [-0.05, 0) is 6.07 Å². The largest absolute Gasteiger partial charge is 0.418 e. The first-order valence-corrected chi connectivity index (χ1v) is 3.37. The van der Waals surface area contributed by atoms with E-state index in [-0.39, 0.29) is 5.69 Å². The molecule has 0 unspecified atom stereocenters. The quantitative estimate of drug-likeness (QED) is 0.702. The molecule has 3 N–H and O–H groups in total. The molecule has 0 aliphatic carbocycles. The fourth-order valence-electron chi connectivity index (χ4n) is 0.881. The Bertz CT molecular complexity index is 311. The molecule has 13 heavy (non-hydrogen) atoms.